The Hall–Kier alpha value is -2.06. The second-order valence-electron chi connectivity index (χ2n) is 4.42. The molecule has 19 heavy (non-hydrogen) atoms. The van der Waals surface area contributed by atoms with Crippen molar-refractivity contribution in [2.45, 2.75) is 32.4 Å². The van der Waals surface area contributed by atoms with Crippen LogP contribution in [0.3, 0.4) is 0 Å². The lowest BCUT2D eigenvalue weighted by molar-refractivity contribution is -0.384. The number of ether oxygens (including phenoxy) is 1. The zero-order chi connectivity index (χ0) is 13.7. The quantitative estimate of drug-likeness (QED) is 0.484. The first kappa shape index (κ1) is 13.4. The molecule has 1 saturated carbocycles. The van der Waals surface area contributed by atoms with Crippen LogP contribution in [0.25, 0.3) is 0 Å². The molecule has 2 rings (SSSR count). The first-order valence-electron chi connectivity index (χ1n) is 6.24. The Labute approximate surface area is 112 Å². The molecule has 1 aromatic rings. The van der Waals surface area contributed by atoms with Gasteiger partial charge < -0.3 is 10.1 Å². The molecule has 0 bridgehead atoms. The Morgan fingerprint density at radius 2 is 2.32 bits per heavy atom. The Bertz CT molecular complexity index is 527. The fourth-order valence-corrected chi connectivity index (χ4v) is 1.69. The lowest BCUT2D eigenvalue weighted by atomic mass is 10.1. The molecule has 1 N–H and O–H groups in total. The van der Waals surface area contributed by atoms with E-state index in [0.29, 0.717) is 24.9 Å². The number of nitro benzene ring substituents is 1. The fraction of sp³-hybridized carbons (Fsp3) is 0.429. The average Bonchev–Trinajstić information content (AvgIpc) is 3.21. The van der Waals surface area contributed by atoms with E-state index in [1.54, 1.807) is 19.1 Å². The largest absolute Gasteiger partial charge is 0.481 e. The van der Waals surface area contributed by atoms with Gasteiger partial charge in [0.05, 0.1) is 4.92 Å². The molecule has 0 saturated heterocycles. The van der Waals surface area contributed by atoms with Crippen LogP contribution in [0.15, 0.2) is 18.2 Å². The van der Waals surface area contributed by atoms with Crippen molar-refractivity contribution in [3.8, 4) is 17.6 Å². The van der Waals surface area contributed by atoms with Crippen molar-refractivity contribution in [1.82, 2.24) is 5.32 Å². The smallest absolute Gasteiger partial charge is 0.270 e. The molecule has 0 heterocycles. The number of rotatable bonds is 6. The highest BCUT2D eigenvalue weighted by Gasteiger charge is 2.21. The third-order valence-corrected chi connectivity index (χ3v) is 2.89. The molecule has 1 aliphatic carbocycles. The van der Waals surface area contributed by atoms with E-state index in [4.69, 9.17) is 4.74 Å². The minimum absolute atomic E-state index is 0.0847. The van der Waals surface area contributed by atoms with Crippen molar-refractivity contribution in [2.24, 2.45) is 0 Å². The average molecular weight is 260 g/mol. The minimum atomic E-state index is -0.393. The summed E-state index contributed by atoms with van der Waals surface area (Å²) < 4.78 is 5.53. The van der Waals surface area contributed by atoms with Crippen molar-refractivity contribution < 1.29 is 9.66 Å². The van der Waals surface area contributed by atoms with Gasteiger partial charge in [0.1, 0.15) is 12.4 Å². The van der Waals surface area contributed by atoms with Crippen molar-refractivity contribution in [3.63, 3.8) is 0 Å². The van der Waals surface area contributed by atoms with Crippen LogP contribution >= 0.6 is 0 Å². The van der Waals surface area contributed by atoms with Gasteiger partial charge in [0.2, 0.25) is 0 Å². The van der Waals surface area contributed by atoms with Crippen LogP contribution in [0.4, 0.5) is 5.69 Å². The van der Waals surface area contributed by atoms with E-state index in [1.807, 2.05) is 0 Å². The predicted octanol–water partition coefficient (Wildman–Crippen LogP) is 2.25. The third kappa shape index (κ3) is 3.97. The number of nitrogens with zero attached hydrogens (tertiary/aromatic N) is 1. The van der Waals surface area contributed by atoms with Gasteiger partial charge in [-0.1, -0.05) is 5.92 Å². The van der Waals surface area contributed by atoms with E-state index in [-0.39, 0.29) is 5.69 Å². The molecule has 0 spiro atoms. The summed E-state index contributed by atoms with van der Waals surface area (Å²) in [6.07, 6.45) is 2.35. The number of nitro groups is 1. The van der Waals surface area contributed by atoms with Crippen LogP contribution < -0.4 is 10.1 Å². The highest BCUT2D eigenvalue weighted by atomic mass is 16.6. The lowest BCUT2D eigenvalue weighted by Crippen LogP contribution is -2.16. The van der Waals surface area contributed by atoms with Gasteiger partial charge >= 0.3 is 0 Å². The number of hydrogen-bond acceptors (Lipinski definition) is 4. The van der Waals surface area contributed by atoms with Gasteiger partial charge in [0.25, 0.3) is 5.69 Å². The Kier molecular flexibility index (Phi) is 4.37. The van der Waals surface area contributed by atoms with Crippen LogP contribution in [0.1, 0.15) is 25.3 Å². The molecule has 0 atom stereocenters. The summed E-state index contributed by atoms with van der Waals surface area (Å²) in [5.74, 6) is 6.21. The molecular formula is C14H16N2O3. The molecule has 1 fully saturated rings. The van der Waals surface area contributed by atoms with Gasteiger partial charge in [0.15, 0.2) is 0 Å². The second-order valence-corrected chi connectivity index (χ2v) is 4.42. The molecule has 0 amide bonds. The number of non-ortho nitro benzene ring substituents is 1. The third-order valence-electron chi connectivity index (χ3n) is 2.89. The number of hydrogen-bond donors (Lipinski definition) is 1. The second kappa shape index (κ2) is 6.21. The van der Waals surface area contributed by atoms with Crippen molar-refractivity contribution in [2.75, 3.05) is 6.61 Å². The first-order chi connectivity index (χ1) is 9.20. The molecule has 5 heteroatoms. The summed E-state index contributed by atoms with van der Waals surface area (Å²) in [6.45, 7) is 2.63. The van der Waals surface area contributed by atoms with E-state index in [1.165, 1.54) is 18.9 Å². The van der Waals surface area contributed by atoms with E-state index in [2.05, 4.69) is 17.2 Å². The summed E-state index contributed by atoms with van der Waals surface area (Å²) in [4.78, 5) is 10.4. The highest BCUT2D eigenvalue weighted by Crippen LogP contribution is 2.26. The van der Waals surface area contributed by atoms with Crippen molar-refractivity contribution in [1.29, 1.82) is 0 Å². The maximum atomic E-state index is 10.8. The predicted molar refractivity (Wildman–Crippen MR) is 71.9 cm³/mol. The van der Waals surface area contributed by atoms with Gasteiger partial charge in [-0.3, -0.25) is 10.1 Å². The molecule has 0 unspecified atom stereocenters. The van der Waals surface area contributed by atoms with E-state index in [0.717, 1.165) is 5.56 Å². The van der Waals surface area contributed by atoms with Crippen LogP contribution in [0.2, 0.25) is 0 Å². The molecule has 100 valence electrons. The number of nitrogens with one attached hydrogen (secondary N) is 1. The minimum Gasteiger partial charge on any atom is -0.481 e. The molecule has 0 radical (unpaired) electrons. The van der Waals surface area contributed by atoms with Gasteiger partial charge in [-0.2, -0.15) is 0 Å². The number of benzene rings is 1. The summed E-state index contributed by atoms with van der Waals surface area (Å²) >= 11 is 0. The van der Waals surface area contributed by atoms with Crippen molar-refractivity contribution >= 4 is 5.69 Å². The van der Waals surface area contributed by atoms with E-state index in [9.17, 15) is 10.1 Å². The summed E-state index contributed by atoms with van der Waals surface area (Å²) in [7, 11) is 0. The molecule has 1 aromatic carbocycles. The zero-order valence-electron chi connectivity index (χ0n) is 10.8. The highest BCUT2D eigenvalue weighted by molar-refractivity contribution is 5.44. The van der Waals surface area contributed by atoms with E-state index < -0.39 is 4.92 Å². The SMILES string of the molecule is CC#CCOc1ccc([N+](=O)[O-])cc1CNC1CC1. The zero-order valence-corrected chi connectivity index (χ0v) is 10.8. The Morgan fingerprint density at radius 1 is 1.53 bits per heavy atom. The molecule has 0 aliphatic heterocycles. The summed E-state index contributed by atoms with van der Waals surface area (Å²) in [5, 5.41) is 14.1. The molecule has 0 aromatic heterocycles. The van der Waals surface area contributed by atoms with Gasteiger partial charge in [-0.05, 0) is 25.8 Å². The Morgan fingerprint density at radius 3 is 2.95 bits per heavy atom. The van der Waals surface area contributed by atoms with Crippen LogP contribution in [0, 0.1) is 22.0 Å². The molecule has 1 aliphatic rings. The first-order valence-corrected chi connectivity index (χ1v) is 6.24. The maximum Gasteiger partial charge on any atom is 0.270 e. The van der Waals surface area contributed by atoms with E-state index >= 15 is 0 Å². The molecular weight excluding hydrogens is 244 g/mol. The Balaban J connectivity index is 2.12. The van der Waals surface area contributed by atoms with Gasteiger partial charge in [-0.15, -0.1) is 5.92 Å². The van der Waals surface area contributed by atoms with Crippen LogP contribution in [0.5, 0.6) is 5.75 Å². The summed E-state index contributed by atoms with van der Waals surface area (Å²) in [5.41, 5.74) is 0.889. The topological polar surface area (TPSA) is 64.4 Å². The van der Waals surface area contributed by atoms with Crippen LogP contribution in [-0.4, -0.2) is 17.6 Å². The monoisotopic (exact) mass is 260 g/mol. The normalized spacial score (nSPS) is 13.5. The fourth-order valence-electron chi connectivity index (χ4n) is 1.69. The van der Waals surface area contributed by atoms with Gasteiger partial charge in [-0.25, -0.2) is 0 Å². The lowest BCUT2D eigenvalue weighted by Gasteiger charge is -2.10. The van der Waals surface area contributed by atoms with Crippen LogP contribution in [-0.2, 0) is 6.54 Å². The maximum absolute atomic E-state index is 10.8. The van der Waals surface area contributed by atoms with Crippen molar-refractivity contribution in [3.05, 3.63) is 33.9 Å². The standard InChI is InChI=1S/C14H16N2O3/c1-2-3-8-19-14-7-6-13(16(17)18)9-11(14)10-15-12-4-5-12/h6-7,9,12,15H,4-5,8,10H2,1H3. The molecule has 5 nitrogen and oxygen atoms in total. The summed E-state index contributed by atoms with van der Waals surface area (Å²) in [6, 6.07) is 5.20. The van der Waals surface area contributed by atoms with Gasteiger partial charge in [0, 0.05) is 30.3 Å².